The maximum Gasteiger partial charge on any atom is 0.223 e. The molecule has 0 spiro atoms. The fourth-order valence-corrected chi connectivity index (χ4v) is 2.61. The highest BCUT2D eigenvalue weighted by molar-refractivity contribution is 9.10. The molecule has 4 heteroatoms. The molecule has 1 aromatic rings. The molecule has 0 radical (unpaired) electrons. The van der Waals surface area contributed by atoms with Gasteiger partial charge in [-0.05, 0) is 43.0 Å². The van der Waals surface area contributed by atoms with E-state index in [4.69, 9.17) is 4.74 Å². The lowest BCUT2D eigenvalue weighted by molar-refractivity contribution is -0.126. The van der Waals surface area contributed by atoms with E-state index in [1.807, 2.05) is 18.2 Å². The van der Waals surface area contributed by atoms with E-state index in [2.05, 4.69) is 21.2 Å². The minimum Gasteiger partial charge on any atom is -0.496 e. The Morgan fingerprint density at radius 3 is 3.06 bits per heavy atom. The summed E-state index contributed by atoms with van der Waals surface area (Å²) in [4.78, 5) is 11.7. The van der Waals surface area contributed by atoms with E-state index < -0.39 is 0 Å². The average molecular weight is 298 g/mol. The summed E-state index contributed by atoms with van der Waals surface area (Å²) < 4.78 is 6.34. The van der Waals surface area contributed by atoms with Crippen molar-refractivity contribution in [3.63, 3.8) is 0 Å². The minimum atomic E-state index is 0.0759. The van der Waals surface area contributed by atoms with Gasteiger partial charge in [-0.1, -0.05) is 15.9 Å². The number of rotatable bonds is 3. The normalized spacial score (nSPS) is 19.9. The fourth-order valence-electron chi connectivity index (χ4n) is 2.20. The first-order chi connectivity index (χ1) is 8.20. The molecule has 1 amide bonds. The molecule has 1 atom stereocenters. The van der Waals surface area contributed by atoms with E-state index in [-0.39, 0.29) is 11.8 Å². The number of hydrogen-bond acceptors (Lipinski definition) is 2. The number of amides is 1. The number of nitrogens with one attached hydrogen (secondary N) is 1. The lowest BCUT2D eigenvalue weighted by Gasteiger charge is -2.22. The standard InChI is InChI=1S/C13H16BrNO2/c1-17-12-5-4-11(14)8-10(12)7-9-3-2-6-15-13(9)16/h4-5,8-9H,2-3,6-7H2,1H3,(H,15,16). The van der Waals surface area contributed by atoms with Crippen LogP contribution in [0.2, 0.25) is 0 Å². The molecule has 1 saturated heterocycles. The molecule has 92 valence electrons. The van der Waals surface area contributed by atoms with Crippen LogP contribution in [-0.4, -0.2) is 19.6 Å². The van der Waals surface area contributed by atoms with Crippen LogP contribution in [0.5, 0.6) is 5.75 Å². The van der Waals surface area contributed by atoms with Crippen LogP contribution in [0, 0.1) is 5.92 Å². The average Bonchev–Trinajstić information content (AvgIpc) is 2.32. The Morgan fingerprint density at radius 2 is 2.35 bits per heavy atom. The second-order valence-electron chi connectivity index (χ2n) is 4.29. The first kappa shape index (κ1) is 12.4. The molecule has 0 aliphatic carbocycles. The Labute approximate surface area is 110 Å². The van der Waals surface area contributed by atoms with Crippen molar-refractivity contribution < 1.29 is 9.53 Å². The molecule has 1 heterocycles. The van der Waals surface area contributed by atoms with Gasteiger partial charge >= 0.3 is 0 Å². The van der Waals surface area contributed by atoms with E-state index in [9.17, 15) is 4.79 Å². The van der Waals surface area contributed by atoms with Gasteiger partial charge in [0.15, 0.2) is 0 Å². The smallest absolute Gasteiger partial charge is 0.223 e. The van der Waals surface area contributed by atoms with Crippen LogP contribution in [0.4, 0.5) is 0 Å². The monoisotopic (exact) mass is 297 g/mol. The molecule has 3 nitrogen and oxygen atoms in total. The summed E-state index contributed by atoms with van der Waals surface area (Å²) in [5.74, 6) is 1.09. The van der Waals surface area contributed by atoms with Gasteiger partial charge in [-0.3, -0.25) is 4.79 Å². The second-order valence-corrected chi connectivity index (χ2v) is 5.21. The Hall–Kier alpha value is -1.03. The van der Waals surface area contributed by atoms with Gasteiger partial charge in [0.05, 0.1) is 7.11 Å². The molecule has 1 fully saturated rings. The molecule has 0 aromatic heterocycles. The molecule has 1 aromatic carbocycles. The van der Waals surface area contributed by atoms with Gasteiger partial charge in [0.25, 0.3) is 0 Å². The van der Waals surface area contributed by atoms with Crippen molar-refractivity contribution >= 4 is 21.8 Å². The predicted molar refractivity (Wildman–Crippen MR) is 70.1 cm³/mol. The zero-order valence-electron chi connectivity index (χ0n) is 9.83. The lowest BCUT2D eigenvalue weighted by atomic mass is 9.91. The van der Waals surface area contributed by atoms with E-state index in [1.54, 1.807) is 7.11 Å². The van der Waals surface area contributed by atoms with Crippen molar-refractivity contribution in [1.82, 2.24) is 5.32 Å². The predicted octanol–water partition coefficient (Wildman–Crippen LogP) is 2.53. The minimum absolute atomic E-state index is 0.0759. The summed E-state index contributed by atoms with van der Waals surface area (Å²) in [5, 5.41) is 2.91. The molecule has 1 N–H and O–H groups in total. The van der Waals surface area contributed by atoms with Crippen LogP contribution in [0.15, 0.2) is 22.7 Å². The maximum absolute atomic E-state index is 11.7. The number of piperidine rings is 1. The maximum atomic E-state index is 11.7. The van der Waals surface area contributed by atoms with Crippen molar-refractivity contribution in [1.29, 1.82) is 0 Å². The van der Waals surface area contributed by atoms with Crippen molar-refractivity contribution in [2.24, 2.45) is 5.92 Å². The van der Waals surface area contributed by atoms with Crippen LogP contribution < -0.4 is 10.1 Å². The van der Waals surface area contributed by atoms with Gasteiger partial charge in [0.1, 0.15) is 5.75 Å². The molecule has 1 aliphatic heterocycles. The largest absolute Gasteiger partial charge is 0.496 e. The van der Waals surface area contributed by atoms with E-state index in [0.29, 0.717) is 0 Å². The highest BCUT2D eigenvalue weighted by Crippen LogP contribution is 2.27. The van der Waals surface area contributed by atoms with Gasteiger partial charge in [-0.15, -0.1) is 0 Å². The fraction of sp³-hybridized carbons (Fsp3) is 0.462. The van der Waals surface area contributed by atoms with Gasteiger partial charge in [-0.2, -0.15) is 0 Å². The molecule has 17 heavy (non-hydrogen) atoms. The topological polar surface area (TPSA) is 38.3 Å². The number of benzene rings is 1. The molecule has 2 rings (SSSR count). The molecule has 0 saturated carbocycles. The second kappa shape index (κ2) is 5.54. The number of methoxy groups -OCH3 is 1. The van der Waals surface area contributed by atoms with Crippen LogP contribution in [0.25, 0.3) is 0 Å². The molecule has 1 aliphatic rings. The first-order valence-corrected chi connectivity index (χ1v) is 6.60. The zero-order chi connectivity index (χ0) is 12.3. The summed E-state index contributed by atoms with van der Waals surface area (Å²) in [5.41, 5.74) is 1.09. The summed E-state index contributed by atoms with van der Waals surface area (Å²) in [6, 6.07) is 5.91. The number of halogens is 1. The third-order valence-electron chi connectivity index (χ3n) is 3.11. The number of hydrogen-bond donors (Lipinski definition) is 1. The third-order valence-corrected chi connectivity index (χ3v) is 3.60. The number of carbonyl (C=O) groups excluding carboxylic acids is 1. The summed E-state index contributed by atoms with van der Waals surface area (Å²) in [7, 11) is 1.66. The Balaban J connectivity index is 2.16. The van der Waals surface area contributed by atoms with E-state index in [0.717, 1.165) is 41.6 Å². The molecular weight excluding hydrogens is 282 g/mol. The molecule has 1 unspecified atom stereocenters. The van der Waals surface area contributed by atoms with Gasteiger partial charge in [0, 0.05) is 16.9 Å². The Bertz CT molecular complexity index is 420. The van der Waals surface area contributed by atoms with Crippen LogP contribution >= 0.6 is 15.9 Å². The highest BCUT2D eigenvalue weighted by Gasteiger charge is 2.23. The quantitative estimate of drug-likeness (QED) is 0.931. The van der Waals surface area contributed by atoms with E-state index in [1.165, 1.54) is 0 Å². The van der Waals surface area contributed by atoms with Crippen molar-refractivity contribution in [3.8, 4) is 5.75 Å². The Kier molecular flexibility index (Phi) is 4.05. The first-order valence-electron chi connectivity index (χ1n) is 5.81. The number of ether oxygens (including phenoxy) is 1. The third kappa shape index (κ3) is 3.00. The van der Waals surface area contributed by atoms with Gasteiger partial charge in [-0.25, -0.2) is 0 Å². The summed E-state index contributed by atoms with van der Waals surface area (Å²) in [6.45, 7) is 0.810. The Morgan fingerprint density at radius 1 is 1.53 bits per heavy atom. The van der Waals surface area contributed by atoms with Gasteiger partial charge in [0.2, 0.25) is 5.91 Å². The zero-order valence-corrected chi connectivity index (χ0v) is 11.4. The summed E-state index contributed by atoms with van der Waals surface area (Å²) in [6.07, 6.45) is 2.77. The van der Waals surface area contributed by atoms with Crippen LogP contribution in [-0.2, 0) is 11.2 Å². The van der Waals surface area contributed by atoms with E-state index >= 15 is 0 Å². The molecular formula is C13H16BrNO2. The number of carbonyl (C=O) groups is 1. The van der Waals surface area contributed by atoms with Gasteiger partial charge < -0.3 is 10.1 Å². The SMILES string of the molecule is COc1ccc(Br)cc1CC1CCCNC1=O. The van der Waals surface area contributed by atoms with Crippen molar-refractivity contribution in [2.45, 2.75) is 19.3 Å². The van der Waals surface area contributed by atoms with Crippen LogP contribution in [0.3, 0.4) is 0 Å². The molecule has 0 bridgehead atoms. The summed E-state index contributed by atoms with van der Waals surface area (Å²) >= 11 is 3.45. The lowest BCUT2D eigenvalue weighted by Crippen LogP contribution is -2.37. The van der Waals surface area contributed by atoms with Crippen LogP contribution in [0.1, 0.15) is 18.4 Å². The van der Waals surface area contributed by atoms with Crippen molar-refractivity contribution in [2.75, 3.05) is 13.7 Å². The van der Waals surface area contributed by atoms with Crippen molar-refractivity contribution in [3.05, 3.63) is 28.2 Å². The highest BCUT2D eigenvalue weighted by atomic mass is 79.9.